The predicted molar refractivity (Wildman–Crippen MR) is 137 cm³/mol. The van der Waals surface area contributed by atoms with Gasteiger partial charge < -0.3 is 5.32 Å². The molecule has 3 nitrogen and oxygen atoms in total. The number of rotatable bonds is 6. The van der Waals surface area contributed by atoms with Crippen molar-refractivity contribution in [3.8, 4) is 22.6 Å². The van der Waals surface area contributed by atoms with Gasteiger partial charge in [-0.25, -0.2) is 9.97 Å². The number of hydrogen-bond donors (Lipinski definition) is 1. The molecule has 0 aliphatic rings. The van der Waals surface area contributed by atoms with Crippen molar-refractivity contribution in [3.05, 3.63) is 102 Å². The number of benzene rings is 3. The van der Waals surface area contributed by atoms with Crippen molar-refractivity contribution in [1.29, 1.82) is 0 Å². The van der Waals surface area contributed by atoms with E-state index in [0.717, 1.165) is 40.4 Å². The van der Waals surface area contributed by atoms with Crippen molar-refractivity contribution in [1.82, 2.24) is 9.97 Å². The molecule has 0 aliphatic heterocycles. The van der Waals surface area contributed by atoms with Crippen LogP contribution in [-0.4, -0.2) is 17.0 Å². The summed E-state index contributed by atoms with van der Waals surface area (Å²) < 4.78 is 0. The highest BCUT2D eigenvalue weighted by Crippen LogP contribution is 2.23. The van der Waals surface area contributed by atoms with Crippen LogP contribution in [0.4, 0.5) is 5.69 Å². The molecule has 4 rings (SSSR count). The van der Waals surface area contributed by atoms with E-state index in [1.54, 1.807) is 0 Å². The van der Waals surface area contributed by atoms with Crippen molar-refractivity contribution < 1.29 is 0 Å². The quantitative estimate of drug-likeness (QED) is 0.349. The smallest absolute Gasteiger partial charge is 0.160 e. The molecule has 0 aliphatic carbocycles. The third-order valence-corrected chi connectivity index (χ3v) is 5.30. The van der Waals surface area contributed by atoms with E-state index in [0.29, 0.717) is 0 Å². The Kier molecular flexibility index (Phi) is 8.56. The number of para-hydroxylation sites is 1. The van der Waals surface area contributed by atoms with Gasteiger partial charge in [-0.1, -0.05) is 85.6 Å². The van der Waals surface area contributed by atoms with Crippen LogP contribution < -0.4 is 5.32 Å². The van der Waals surface area contributed by atoms with Crippen LogP contribution in [0.25, 0.3) is 22.6 Å². The van der Waals surface area contributed by atoms with Crippen molar-refractivity contribution in [2.75, 3.05) is 12.4 Å². The third kappa shape index (κ3) is 6.78. The second-order valence-corrected chi connectivity index (χ2v) is 8.00. The van der Waals surface area contributed by atoms with Crippen molar-refractivity contribution in [2.24, 2.45) is 0 Å². The highest BCUT2D eigenvalue weighted by Gasteiger charge is 2.07. The van der Waals surface area contributed by atoms with E-state index in [9.17, 15) is 0 Å². The molecular formula is C29H33N3. The summed E-state index contributed by atoms with van der Waals surface area (Å²) >= 11 is 0. The maximum Gasteiger partial charge on any atom is 0.160 e. The van der Waals surface area contributed by atoms with Gasteiger partial charge in [0.2, 0.25) is 0 Å². The van der Waals surface area contributed by atoms with Gasteiger partial charge in [0.1, 0.15) is 0 Å². The normalized spacial score (nSPS) is 10.2. The highest BCUT2D eigenvalue weighted by molar-refractivity contribution is 5.64. The molecule has 0 atom stereocenters. The third-order valence-electron chi connectivity index (χ3n) is 5.30. The topological polar surface area (TPSA) is 37.8 Å². The molecule has 32 heavy (non-hydrogen) atoms. The highest BCUT2D eigenvalue weighted by atomic mass is 14.9. The fraction of sp³-hybridized carbons (Fsp3) is 0.241. The first-order valence-electron chi connectivity index (χ1n) is 11.3. The lowest BCUT2D eigenvalue weighted by atomic mass is 10.0. The summed E-state index contributed by atoms with van der Waals surface area (Å²) in [5.41, 5.74) is 7.98. The Balaban J connectivity index is 0.000000305. The van der Waals surface area contributed by atoms with Crippen LogP contribution in [0.2, 0.25) is 0 Å². The minimum absolute atomic E-state index is 0.792. The predicted octanol–water partition coefficient (Wildman–Crippen LogP) is 7.50. The summed E-state index contributed by atoms with van der Waals surface area (Å²) in [6, 6.07) is 29.3. The first kappa shape index (κ1) is 23.2. The van der Waals surface area contributed by atoms with E-state index in [2.05, 4.69) is 78.7 Å². The van der Waals surface area contributed by atoms with Gasteiger partial charge in [-0.3, -0.25) is 0 Å². The minimum Gasteiger partial charge on any atom is -0.388 e. The van der Waals surface area contributed by atoms with E-state index in [4.69, 9.17) is 4.98 Å². The molecule has 0 unspecified atom stereocenters. The standard InChI is InChI=1S/C22H24N2.C7H9N/c1-4-5-6-18-9-13-19(14-10-18)21-15-17(3)23-22(24-21)20-11-7-16(2)8-12-20;1-8-7-5-3-2-4-6-7/h7-15H,4-6H2,1-3H3;2-6,8H,1H3. The van der Waals surface area contributed by atoms with Gasteiger partial charge >= 0.3 is 0 Å². The van der Waals surface area contributed by atoms with Gasteiger partial charge in [0.05, 0.1) is 5.69 Å². The molecule has 0 radical (unpaired) electrons. The monoisotopic (exact) mass is 423 g/mol. The van der Waals surface area contributed by atoms with Crippen LogP contribution in [0, 0.1) is 13.8 Å². The molecule has 3 heteroatoms. The fourth-order valence-electron chi connectivity index (χ4n) is 3.38. The molecule has 1 N–H and O–H groups in total. The lowest BCUT2D eigenvalue weighted by Crippen LogP contribution is -1.95. The van der Waals surface area contributed by atoms with Gasteiger partial charge in [-0.05, 0) is 50.5 Å². The van der Waals surface area contributed by atoms with Crippen LogP contribution in [0.1, 0.15) is 36.6 Å². The molecular weight excluding hydrogens is 390 g/mol. The zero-order valence-corrected chi connectivity index (χ0v) is 19.6. The van der Waals surface area contributed by atoms with Crippen molar-refractivity contribution >= 4 is 5.69 Å². The Bertz CT molecular complexity index is 1090. The van der Waals surface area contributed by atoms with Gasteiger partial charge in [-0.15, -0.1) is 0 Å². The van der Waals surface area contributed by atoms with Crippen LogP contribution in [0.15, 0.2) is 84.9 Å². The second-order valence-electron chi connectivity index (χ2n) is 8.00. The van der Waals surface area contributed by atoms with Crippen LogP contribution >= 0.6 is 0 Å². The van der Waals surface area contributed by atoms with Gasteiger partial charge in [0.25, 0.3) is 0 Å². The molecule has 0 bridgehead atoms. The Morgan fingerprint density at radius 2 is 1.41 bits per heavy atom. The van der Waals surface area contributed by atoms with Crippen LogP contribution in [-0.2, 0) is 6.42 Å². The number of hydrogen-bond acceptors (Lipinski definition) is 3. The average Bonchev–Trinajstić information content (AvgIpc) is 2.84. The Morgan fingerprint density at radius 1 is 0.750 bits per heavy atom. The lowest BCUT2D eigenvalue weighted by molar-refractivity contribution is 0.795. The largest absolute Gasteiger partial charge is 0.388 e. The fourth-order valence-corrected chi connectivity index (χ4v) is 3.38. The first-order chi connectivity index (χ1) is 15.6. The van der Waals surface area contributed by atoms with Gasteiger partial charge in [0.15, 0.2) is 5.82 Å². The number of unbranched alkanes of at least 4 members (excludes halogenated alkanes) is 1. The number of nitrogens with zero attached hydrogens (tertiary/aromatic N) is 2. The molecule has 0 saturated carbocycles. The number of aryl methyl sites for hydroxylation is 3. The molecule has 0 saturated heterocycles. The van der Waals surface area contributed by atoms with E-state index in [1.165, 1.54) is 24.0 Å². The molecule has 0 fully saturated rings. The summed E-state index contributed by atoms with van der Waals surface area (Å²) in [5.74, 6) is 0.792. The lowest BCUT2D eigenvalue weighted by Gasteiger charge is -2.08. The van der Waals surface area contributed by atoms with E-state index in [-0.39, 0.29) is 0 Å². The maximum absolute atomic E-state index is 4.78. The SMILES string of the molecule is CCCCc1ccc(-c2cc(C)nc(-c3ccc(C)cc3)n2)cc1.CNc1ccccc1. The molecule has 3 aromatic carbocycles. The second kappa shape index (κ2) is 11.8. The van der Waals surface area contributed by atoms with Crippen molar-refractivity contribution in [2.45, 2.75) is 40.0 Å². The summed E-state index contributed by atoms with van der Waals surface area (Å²) in [5, 5.41) is 3.03. The molecule has 4 aromatic rings. The van der Waals surface area contributed by atoms with Crippen LogP contribution in [0.3, 0.4) is 0 Å². The maximum atomic E-state index is 4.78. The molecule has 1 aromatic heterocycles. The summed E-state index contributed by atoms with van der Waals surface area (Å²) in [6.45, 7) is 6.34. The average molecular weight is 424 g/mol. The Morgan fingerprint density at radius 3 is 2.00 bits per heavy atom. The zero-order valence-electron chi connectivity index (χ0n) is 19.6. The van der Waals surface area contributed by atoms with Gasteiger partial charge in [-0.2, -0.15) is 0 Å². The first-order valence-corrected chi connectivity index (χ1v) is 11.3. The van der Waals surface area contributed by atoms with E-state index < -0.39 is 0 Å². The summed E-state index contributed by atoms with van der Waals surface area (Å²) in [7, 11) is 1.91. The van der Waals surface area contributed by atoms with E-state index >= 15 is 0 Å². The van der Waals surface area contributed by atoms with Crippen LogP contribution in [0.5, 0.6) is 0 Å². The number of anilines is 1. The Labute approximate surface area is 192 Å². The number of nitrogens with one attached hydrogen (secondary N) is 1. The minimum atomic E-state index is 0.792. The molecule has 164 valence electrons. The van der Waals surface area contributed by atoms with E-state index in [1.807, 2.05) is 44.3 Å². The molecule has 0 spiro atoms. The Hall–Kier alpha value is -3.46. The summed E-state index contributed by atoms with van der Waals surface area (Å²) in [6.07, 6.45) is 3.62. The summed E-state index contributed by atoms with van der Waals surface area (Å²) in [4.78, 5) is 9.39. The zero-order chi connectivity index (χ0) is 22.8. The van der Waals surface area contributed by atoms with Gasteiger partial charge in [0, 0.05) is 29.6 Å². The molecule has 0 amide bonds. The molecule has 1 heterocycles. The van der Waals surface area contributed by atoms with Crippen molar-refractivity contribution in [3.63, 3.8) is 0 Å². The number of aromatic nitrogens is 2.